The van der Waals surface area contributed by atoms with Gasteiger partial charge in [0.25, 0.3) is 0 Å². The number of likely N-dealkylation sites (tertiary alicyclic amines) is 1. The minimum absolute atomic E-state index is 0.0272. The second kappa shape index (κ2) is 6.81. The maximum atomic E-state index is 13.3. The van der Waals surface area contributed by atoms with Crippen molar-refractivity contribution < 1.29 is 19.1 Å². The van der Waals surface area contributed by atoms with Crippen molar-refractivity contribution in [2.75, 3.05) is 38.2 Å². The van der Waals surface area contributed by atoms with Crippen molar-refractivity contribution in [3.63, 3.8) is 0 Å². The molecule has 0 saturated carbocycles. The molecule has 28 heavy (non-hydrogen) atoms. The highest BCUT2D eigenvalue weighted by molar-refractivity contribution is 7.99. The number of hydrogen-bond donors (Lipinski definition) is 0. The van der Waals surface area contributed by atoms with Crippen molar-refractivity contribution >= 4 is 23.6 Å². The highest BCUT2D eigenvalue weighted by Crippen LogP contribution is 2.52. The summed E-state index contributed by atoms with van der Waals surface area (Å²) >= 11 is 1.87. The normalized spacial score (nSPS) is 33.5. The van der Waals surface area contributed by atoms with Gasteiger partial charge in [-0.05, 0) is 17.7 Å². The second-order valence-electron chi connectivity index (χ2n) is 7.88. The van der Waals surface area contributed by atoms with Gasteiger partial charge < -0.3 is 19.3 Å². The van der Waals surface area contributed by atoms with Crippen LogP contribution in [0.15, 0.2) is 36.4 Å². The number of rotatable bonds is 4. The number of carbonyl (C=O) groups is 2. The molecule has 4 aliphatic heterocycles. The lowest BCUT2D eigenvalue weighted by molar-refractivity contribution is -0.143. The quantitative estimate of drug-likeness (QED) is 0.718. The van der Waals surface area contributed by atoms with Crippen molar-refractivity contribution in [3.8, 4) is 5.75 Å². The largest absolute Gasteiger partial charge is 0.497 e. The van der Waals surface area contributed by atoms with Gasteiger partial charge in [-0.3, -0.25) is 9.59 Å². The maximum absolute atomic E-state index is 13.3. The molecule has 7 heteroatoms. The van der Waals surface area contributed by atoms with Crippen LogP contribution in [0.4, 0.5) is 0 Å². The van der Waals surface area contributed by atoms with Crippen molar-refractivity contribution in [1.29, 1.82) is 0 Å². The number of fused-ring (bicyclic) bond motifs is 1. The van der Waals surface area contributed by atoms with Gasteiger partial charge in [-0.25, -0.2) is 0 Å². The van der Waals surface area contributed by atoms with Crippen LogP contribution >= 0.6 is 11.8 Å². The zero-order valence-corrected chi connectivity index (χ0v) is 16.7. The van der Waals surface area contributed by atoms with E-state index in [9.17, 15) is 9.59 Å². The Morgan fingerprint density at radius 1 is 1.36 bits per heavy atom. The molecular formula is C21H24N2O4S. The van der Waals surface area contributed by atoms with Crippen LogP contribution in [0.1, 0.15) is 5.56 Å². The van der Waals surface area contributed by atoms with E-state index in [-0.39, 0.29) is 17.9 Å². The molecule has 3 fully saturated rings. The fourth-order valence-electron chi connectivity index (χ4n) is 4.98. The van der Waals surface area contributed by atoms with Crippen LogP contribution in [0.2, 0.25) is 0 Å². The first-order valence-corrected chi connectivity index (χ1v) is 10.9. The number of ether oxygens (including phenoxy) is 2. The summed E-state index contributed by atoms with van der Waals surface area (Å²) in [7, 11) is 1.64. The highest BCUT2D eigenvalue weighted by Gasteiger charge is 2.67. The molecule has 1 aromatic carbocycles. The molecule has 0 radical (unpaired) electrons. The first-order chi connectivity index (χ1) is 13.6. The molecule has 0 N–H and O–H groups in total. The molecule has 2 amide bonds. The van der Waals surface area contributed by atoms with E-state index in [0.717, 1.165) is 35.9 Å². The van der Waals surface area contributed by atoms with E-state index in [1.807, 2.05) is 58.0 Å². The van der Waals surface area contributed by atoms with Crippen LogP contribution in [-0.4, -0.2) is 71.6 Å². The summed E-state index contributed by atoms with van der Waals surface area (Å²) in [6, 6.07) is 7.75. The number of carbonyl (C=O) groups excluding carboxylic acids is 2. The number of amides is 2. The lowest BCUT2D eigenvalue weighted by Crippen LogP contribution is -2.48. The molecule has 4 heterocycles. The predicted molar refractivity (Wildman–Crippen MR) is 106 cm³/mol. The van der Waals surface area contributed by atoms with Crippen LogP contribution in [0.3, 0.4) is 0 Å². The van der Waals surface area contributed by atoms with Gasteiger partial charge in [0.15, 0.2) is 0 Å². The number of nitrogens with zero attached hydrogens (tertiary/aromatic N) is 2. The SMILES string of the molecule is COc1cccc(CN2C[C@]34C=C[C@H](O3)C(C(=O)N3CCSCC3)C4C2=O)c1. The summed E-state index contributed by atoms with van der Waals surface area (Å²) in [5.74, 6) is 2.01. The third-order valence-corrected chi connectivity index (χ3v) is 7.24. The third kappa shape index (κ3) is 2.75. The average Bonchev–Trinajstić information content (AvgIpc) is 3.37. The van der Waals surface area contributed by atoms with Crippen LogP contribution in [0.5, 0.6) is 5.75 Å². The molecule has 0 aliphatic carbocycles. The first kappa shape index (κ1) is 18.1. The molecule has 4 aliphatic rings. The van der Waals surface area contributed by atoms with Crippen molar-refractivity contribution in [2.24, 2.45) is 11.8 Å². The van der Waals surface area contributed by atoms with Crippen molar-refractivity contribution in [3.05, 3.63) is 42.0 Å². The van der Waals surface area contributed by atoms with Crippen molar-refractivity contribution in [1.82, 2.24) is 9.80 Å². The van der Waals surface area contributed by atoms with Gasteiger partial charge in [0.2, 0.25) is 11.8 Å². The van der Waals surface area contributed by atoms with Gasteiger partial charge in [0.1, 0.15) is 11.4 Å². The van der Waals surface area contributed by atoms with E-state index in [4.69, 9.17) is 9.47 Å². The summed E-state index contributed by atoms with van der Waals surface area (Å²) in [5, 5.41) is 0. The Labute approximate surface area is 168 Å². The minimum atomic E-state index is -0.647. The molecule has 2 unspecified atom stereocenters. The fourth-order valence-corrected chi connectivity index (χ4v) is 5.88. The Morgan fingerprint density at radius 3 is 2.96 bits per heavy atom. The monoisotopic (exact) mass is 400 g/mol. The second-order valence-corrected chi connectivity index (χ2v) is 9.11. The molecule has 3 saturated heterocycles. The molecule has 6 nitrogen and oxygen atoms in total. The molecule has 148 valence electrons. The van der Waals surface area contributed by atoms with Gasteiger partial charge in [-0.15, -0.1) is 0 Å². The van der Waals surface area contributed by atoms with Gasteiger partial charge in [0.05, 0.1) is 31.6 Å². The van der Waals surface area contributed by atoms with Crippen LogP contribution in [-0.2, 0) is 20.9 Å². The Hall–Kier alpha value is -1.99. The Morgan fingerprint density at radius 2 is 2.18 bits per heavy atom. The molecule has 5 rings (SSSR count). The molecule has 1 aromatic rings. The van der Waals surface area contributed by atoms with Gasteiger partial charge in [-0.2, -0.15) is 11.8 Å². The predicted octanol–water partition coefficient (Wildman–Crippen LogP) is 1.55. The summed E-state index contributed by atoms with van der Waals surface area (Å²) < 4.78 is 11.5. The number of methoxy groups -OCH3 is 1. The topological polar surface area (TPSA) is 59.1 Å². The first-order valence-electron chi connectivity index (χ1n) is 9.77. The number of benzene rings is 1. The van der Waals surface area contributed by atoms with E-state index in [2.05, 4.69) is 0 Å². The Bertz CT molecular complexity index is 837. The lowest BCUT2D eigenvalue weighted by Gasteiger charge is -2.32. The molecular weight excluding hydrogens is 376 g/mol. The standard InChI is InChI=1S/C21H24N2O4S/c1-26-15-4-2-3-14(11-15)12-23-13-21-6-5-16(27-21)17(18(21)20(23)25)19(24)22-7-9-28-10-8-22/h2-6,11,16-18H,7-10,12-13H2,1H3/t16-,17?,18?,21-/m0/s1. The van der Waals surface area contributed by atoms with Crippen LogP contribution in [0, 0.1) is 11.8 Å². The zero-order chi connectivity index (χ0) is 19.3. The van der Waals surface area contributed by atoms with Crippen LogP contribution in [0.25, 0.3) is 0 Å². The molecule has 4 atom stereocenters. The van der Waals surface area contributed by atoms with Crippen molar-refractivity contribution in [2.45, 2.75) is 18.2 Å². The molecule has 2 bridgehead atoms. The zero-order valence-electron chi connectivity index (χ0n) is 15.9. The van der Waals surface area contributed by atoms with E-state index in [1.54, 1.807) is 7.11 Å². The molecule has 1 spiro atoms. The summed E-state index contributed by atoms with van der Waals surface area (Å²) in [6.45, 7) is 2.52. The average molecular weight is 401 g/mol. The summed E-state index contributed by atoms with van der Waals surface area (Å²) in [6.07, 6.45) is 3.73. The van der Waals surface area contributed by atoms with E-state index < -0.39 is 17.4 Å². The Balaban J connectivity index is 1.38. The maximum Gasteiger partial charge on any atom is 0.230 e. The summed E-state index contributed by atoms with van der Waals surface area (Å²) in [4.78, 5) is 30.3. The van der Waals surface area contributed by atoms with Crippen LogP contribution < -0.4 is 4.74 Å². The summed E-state index contributed by atoms with van der Waals surface area (Å²) in [5.41, 5.74) is 0.365. The number of thioether (sulfide) groups is 1. The smallest absolute Gasteiger partial charge is 0.230 e. The third-order valence-electron chi connectivity index (χ3n) is 6.29. The van der Waals surface area contributed by atoms with Gasteiger partial charge >= 0.3 is 0 Å². The highest BCUT2D eigenvalue weighted by atomic mass is 32.2. The Kier molecular flexibility index (Phi) is 4.39. The number of hydrogen-bond acceptors (Lipinski definition) is 5. The van der Waals surface area contributed by atoms with E-state index >= 15 is 0 Å². The van der Waals surface area contributed by atoms with E-state index in [1.165, 1.54) is 0 Å². The van der Waals surface area contributed by atoms with Gasteiger partial charge in [-0.1, -0.05) is 24.3 Å². The fraction of sp³-hybridized carbons (Fsp3) is 0.524. The van der Waals surface area contributed by atoms with E-state index in [0.29, 0.717) is 13.1 Å². The lowest BCUT2D eigenvalue weighted by atomic mass is 9.76. The molecule has 0 aromatic heterocycles. The van der Waals surface area contributed by atoms with Gasteiger partial charge in [0, 0.05) is 31.1 Å². The minimum Gasteiger partial charge on any atom is -0.497 e.